The van der Waals surface area contributed by atoms with Crippen LogP contribution in [-0.2, 0) is 0 Å². The summed E-state index contributed by atoms with van der Waals surface area (Å²) in [6.07, 6.45) is 0. The predicted molar refractivity (Wildman–Crippen MR) is 80.2 cm³/mol. The van der Waals surface area contributed by atoms with Crippen LogP contribution in [0.1, 0.15) is 10.4 Å². The number of anilines is 3. The first-order valence-electron chi connectivity index (χ1n) is 5.32. The van der Waals surface area contributed by atoms with Crippen molar-refractivity contribution in [1.82, 2.24) is 0 Å². The van der Waals surface area contributed by atoms with Crippen LogP contribution >= 0.6 is 22.6 Å². The second kappa shape index (κ2) is 5.43. The van der Waals surface area contributed by atoms with Crippen LogP contribution in [0.3, 0.4) is 0 Å². The molecule has 0 aromatic heterocycles. The molecule has 0 saturated heterocycles. The third-order valence-corrected chi connectivity index (χ3v) is 3.39. The van der Waals surface area contributed by atoms with Crippen molar-refractivity contribution in [1.29, 1.82) is 0 Å². The minimum atomic E-state index is -1.03. The number of nitrogens with one attached hydrogen (secondary N) is 1. The predicted octanol–water partition coefficient (Wildman–Crippen LogP) is 3.45. The molecule has 0 spiro atoms. The zero-order valence-electron chi connectivity index (χ0n) is 9.65. The highest BCUT2D eigenvalue weighted by molar-refractivity contribution is 14.1. The van der Waals surface area contributed by atoms with Crippen molar-refractivity contribution >= 4 is 45.6 Å². The van der Waals surface area contributed by atoms with Gasteiger partial charge in [-0.3, -0.25) is 0 Å². The maximum Gasteiger partial charge on any atom is 0.335 e. The zero-order valence-corrected chi connectivity index (χ0v) is 11.8. The van der Waals surface area contributed by atoms with Crippen molar-refractivity contribution < 1.29 is 14.3 Å². The van der Waals surface area contributed by atoms with Gasteiger partial charge in [-0.2, -0.15) is 0 Å². The Kier molecular flexibility index (Phi) is 3.89. The lowest BCUT2D eigenvalue weighted by atomic mass is 10.1. The summed E-state index contributed by atoms with van der Waals surface area (Å²) in [7, 11) is 0. The van der Waals surface area contributed by atoms with E-state index in [2.05, 4.69) is 5.32 Å². The average Bonchev–Trinajstić information content (AvgIpc) is 2.34. The van der Waals surface area contributed by atoms with Gasteiger partial charge in [-0.25, -0.2) is 9.18 Å². The van der Waals surface area contributed by atoms with Gasteiger partial charge in [0.1, 0.15) is 5.82 Å². The largest absolute Gasteiger partial charge is 0.478 e. The molecule has 0 unspecified atom stereocenters. The summed E-state index contributed by atoms with van der Waals surface area (Å²) in [4.78, 5) is 10.8. The quantitative estimate of drug-likeness (QED) is 0.570. The van der Waals surface area contributed by atoms with Gasteiger partial charge in [0.25, 0.3) is 0 Å². The Hall–Kier alpha value is -1.83. The third-order valence-electron chi connectivity index (χ3n) is 2.50. The minimum Gasteiger partial charge on any atom is -0.478 e. The molecule has 98 valence electrons. The van der Waals surface area contributed by atoms with E-state index in [4.69, 9.17) is 10.8 Å². The second-order valence-corrected chi connectivity index (χ2v) is 5.02. The molecule has 0 aliphatic heterocycles. The van der Waals surface area contributed by atoms with E-state index in [-0.39, 0.29) is 11.4 Å². The maximum absolute atomic E-state index is 13.0. The van der Waals surface area contributed by atoms with Gasteiger partial charge in [-0.15, -0.1) is 0 Å². The molecule has 0 atom stereocenters. The number of benzene rings is 2. The van der Waals surface area contributed by atoms with E-state index in [9.17, 15) is 9.18 Å². The Labute approximate surface area is 122 Å². The number of aromatic carboxylic acids is 1. The van der Waals surface area contributed by atoms with Crippen molar-refractivity contribution in [2.24, 2.45) is 0 Å². The summed E-state index contributed by atoms with van der Waals surface area (Å²) in [6.45, 7) is 0. The van der Waals surface area contributed by atoms with Crippen LogP contribution in [0.4, 0.5) is 21.5 Å². The molecule has 0 aliphatic carbocycles. The number of carboxylic acid groups (broad SMARTS) is 1. The minimum absolute atomic E-state index is 0.122. The van der Waals surface area contributed by atoms with Gasteiger partial charge in [0.05, 0.1) is 22.6 Å². The molecule has 0 fully saturated rings. The van der Waals surface area contributed by atoms with E-state index in [1.54, 1.807) is 12.1 Å². The summed E-state index contributed by atoms with van der Waals surface area (Å²) in [5.74, 6) is -1.35. The lowest BCUT2D eigenvalue weighted by Crippen LogP contribution is -2.02. The van der Waals surface area contributed by atoms with Gasteiger partial charge >= 0.3 is 5.97 Å². The van der Waals surface area contributed by atoms with Gasteiger partial charge in [-0.05, 0) is 59.0 Å². The monoisotopic (exact) mass is 372 g/mol. The highest BCUT2D eigenvalue weighted by Crippen LogP contribution is 2.27. The van der Waals surface area contributed by atoms with E-state index in [1.165, 1.54) is 24.3 Å². The van der Waals surface area contributed by atoms with Gasteiger partial charge in [0.2, 0.25) is 0 Å². The summed E-state index contributed by atoms with van der Waals surface area (Å²) in [6, 6.07) is 8.75. The fourth-order valence-electron chi connectivity index (χ4n) is 1.55. The van der Waals surface area contributed by atoms with Crippen molar-refractivity contribution in [2.75, 3.05) is 11.1 Å². The molecular weight excluding hydrogens is 362 g/mol. The number of rotatable bonds is 3. The summed E-state index contributed by atoms with van der Waals surface area (Å²) in [5, 5.41) is 11.9. The Morgan fingerprint density at radius 1 is 1.21 bits per heavy atom. The SMILES string of the molecule is Nc1cc(C(=O)O)ccc1Nc1ccc(F)cc1I. The number of nitrogen functional groups attached to an aromatic ring is 1. The lowest BCUT2D eigenvalue weighted by molar-refractivity contribution is 0.0697. The Morgan fingerprint density at radius 2 is 1.89 bits per heavy atom. The molecule has 2 aromatic rings. The molecule has 4 nitrogen and oxygen atoms in total. The zero-order chi connectivity index (χ0) is 14.0. The highest BCUT2D eigenvalue weighted by Gasteiger charge is 2.08. The fraction of sp³-hybridized carbons (Fsp3) is 0. The fourth-order valence-corrected chi connectivity index (χ4v) is 2.16. The van der Waals surface area contributed by atoms with E-state index < -0.39 is 5.97 Å². The van der Waals surface area contributed by atoms with Crippen molar-refractivity contribution in [3.05, 3.63) is 51.3 Å². The van der Waals surface area contributed by atoms with E-state index in [0.29, 0.717) is 20.6 Å². The van der Waals surface area contributed by atoms with Crippen molar-refractivity contribution in [3.63, 3.8) is 0 Å². The van der Waals surface area contributed by atoms with Crippen LogP contribution in [0.25, 0.3) is 0 Å². The van der Waals surface area contributed by atoms with Gasteiger partial charge in [-0.1, -0.05) is 0 Å². The number of halogens is 2. The molecule has 0 aliphatic rings. The Bertz CT molecular complexity index is 647. The molecule has 0 radical (unpaired) electrons. The van der Waals surface area contributed by atoms with Gasteiger partial charge < -0.3 is 16.2 Å². The normalized spacial score (nSPS) is 10.2. The molecule has 4 N–H and O–H groups in total. The molecule has 2 aromatic carbocycles. The second-order valence-electron chi connectivity index (χ2n) is 3.86. The highest BCUT2D eigenvalue weighted by atomic mass is 127. The first-order chi connectivity index (χ1) is 8.97. The molecule has 19 heavy (non-hydrogen) atoms. The van der Waals surface area contributed by atoms with Crippen molar-refractivity contribution in [3.8, 4) is 0 Å². The molecule has 0 heterocycles. The molecule has 0 amide bonds. The molecule has 6 heteroatoms. The molecule has 2 rings (SSSR count). The Morgan fingerprint density at radius 3 is 2.47 bits per heavy atom. The average molecular weight is 372 g/mol. The smallest absolute Gasteiger partial charge is 0.335 e. The van der Waals surface area contributed by atoms with Gasteiger partial charge in [0, 0.05) is 3.57 Å². The van der Waals surface area contributed by atoms with Crippen LogP contribution in [0.15, 0.2) is 36.4 Å². The standard InChI is InChI=1S/C13H10FIN2O2/c14-8-2-4-11(9(15)6-8)17-12-3-1-7(13(18)19)5-10(12)16/h1-6,17H,16H2,(H,18,19). The molecule has 0 saturated carbocycles. The molecule has 0 bridgehead atoms. The summed E-state index contributed by atoms with van der Waals surface area (Å²) >= 11 is 2.00. The van der Waals surface area contributed by atoms with Crippen LogP contribution in [-0.4, -0.2) is 11.1 Å². The van der Waals surface area contributed by atoms with Crippen molar-refractivity contribution in [2.45, 2.75) is 0 Å². The van der Waals surface area contributed by atoms with E-state index in [1.807, 2.05) is 22.6 Å². The number of carbonyl (C=O) groups is 1. The Balaban J connectivity index is 2.31. The topological polar surface area (TPSA) is 75.4 Å². The summed E-state index contributed by atoms with van der Waals surface area (Å²) < 4.78 is 13.7. The van der Waals surface area contributed by atoms with Crippen LogP contribution in [0.2, 0.25) is 0 Å². The van der Waals surface area contributed by atoms with Crippen LogP contribution < -0.4 is 11.1 Å². The number of hydrogen-bond acceptors (Lipinski definition) is 3. The van der Waals surface area contributed by atoms with E-state index in [0.717, 1.165) is 0 Å². The first kappa shape index (κ1) is 13.6. The molecular formula is C13H10FIN2O2. The number of carboxylic acids is 1. The maximum atomic E-state index is 13.0. The van der Waals surface area contributed by atoms with E-state index >= 15 is 0 Å². The number of nitrogens with two attached hydrogens (primary N) is 1. The lowest BCUT2D eigenvalue weighted by Gasteiger charge is -2.11. The van der Waals surface area contributed by atoms with Crippen LogP contribution in [0.5, 0.6) is 0 Å². The number of hydrogen-bond donors (Lipinski definition) is 3. The first-order valence-corrected chi connectivity index (χ1v) is 6.40. The third kappa shape index (κ3) is 3.14. The van der Waals surface area contributed by atoms with Crippen LogP contribution in [0, 0.1) is 9.39 Å². The summed E-state index contributed by atoms with van der Waals surface area (Å²) in [5.41, 5.74) is 7.51. The van der Waals surface area contributed by atoms with Gasteiger partial charge in [0.15, 0.2) is 0 Å².